The minimum absolute atomic E-state index is 0.0633. The molecule has 18 atom stereocenters. The molecule has 0 aromatic carbocycles. The zero-order valence-corrected chi connectivity index (χ0v) is 23.9. The van der Waals surface area contributed by atoms with Crippen molar-refractivity contribution in [2.75, 3.05) is 13.2 Å². The molecule has 0 aromatic heterocycles. The van der Waals surface area contributed by atoms with Crippen molar-refractivity contribution in [3.63, 3.8) is 0 Å². The highest BCUT2D eigenvalue weighted by Crippen LogP contribution is 2.60. The van der Waals surface area contributed by atoms with Crippen LogP contribution in [0.25, 0.3) is 0 Å². The molecule has 15 heteroatoms. The second kappa shape index (κ2) is 11.6. The first-order valence-electron chi connectivity index (χ1n) is 14.9. The summed E-state index contributed by atoms with van der Waals surface area (Å²) in [7, 11) is 0. The van der Waals surface area contributed by atoms with Gasteiger partial charge in [0.1, 0.15) is 48.8 Å². The molecule has 0 aromatic rings. The Balaban J connectivity index is 1.17. The number of hydrogen-bond acceptors (Lipinski definition) is 15. The smallest absolute Gasteiger partial charge is 0.201 e. The van der Waals surface area contributed by atoms with Crippen molar-refractivity contribution in [3.05, 3.63) is 0 Å². The number of ether oxygens (including phenoxy) is 6. The van der Waals surface area contributed by atoms with Crippen molar-refractivity contribution in [2.45, 2.75) is 132 Å². The van der Waals surface area contributed by atoms with E-state index in [0.717, 1.165) is 19.3 Å². The van der Waals surface area contributed by atoms with Crippen LogP contribution < -0.4 is 0 Å². The monoisotopic (exact) mass is 608 g/mol. The topological polar surface area (TPSA) is 215 Å². The van der Waals surface area contributed by atoms with Crippen LogP contribution in [-0.4, -0.2) is 134 Å². The molecule has 2 bridgehead atoms. The summed E-state index contributed by atoms with van der Waals surface area (Å²) < 4.78 is 35.7. The van der Waals surface area contributed by atoms with E-state index in [9.17, 15) is 35.7 Å². The third kappa shape index (κ3) is 4.94. The molecule has 15 nitrogen and oxygen atoms in total. The first-order chi connectivity index (χ1) is 19.9. The molecule has 0 radical (unpaired) electrons. The quantitative estimate of drug-likeness (QED) is 0.160. The van der Waals surface area contributed by atoms with E-state index in [0.29, 0.717) is 12.3 Å². The van der Waals surface area contributed by atoms with Gasteiger partial charge in [-0.05, 0) is 38.0 Å². The first-order valence-corrected chi connectivity index (χ1v) is 14.9. The lowest BCUT2D eigenvalue weighted by Crippen LogP contribution is -2.71. The van der Waals surface area contributed by atoms with Gasteiger partial charge in [-0.1, -0.05) is 13.8 Å². The molecule has 42 heavy (non-hydrogen) atoms. The van der Waals surface area contributed by atoms with Crippen molar-refractivity contribution >= 4 is 0 Å². The van der Waals surface area contributed by atoms with Crippen molar-refractivity contribution in [1.29, 1.82) is 0 Å². The minimum atomic E-state index is -1.76. The molecule has 7 N–H and O–H groups in total. The molecule has 7 rings (SSSR count). The fourth-order valence-corrected chi connectivity index (χ4v) is 7.83. The maximum absolute atomic E-state index is 11.0. The lowest BCUT2D eigenvalue weighted by atomic mass is 9.58. The van der Waals surface area contributed by atoms with Crippen molar-refractivity contribution in [2.24, 2.45) is 23.7 Å². The van der Waals surface area contributed by atoms with E-state index < -0.39 is 98.6 Å². The molecule has 6 heterocycles. The van der Waals surface area contributed by atoms with Gasteiger partial charge in [0.15, 0.2) is 30.8 Å². The normalized spacial score (nSPS) is 57.9. The van der Waals surface area contributed by atoms with Crippen LogP contribution in [0.1, 0.15) is 46.5 Å². The van der Waals surface area contributed by atoms with E-state index in [-0.39, 0.29) is 17.8 Å². The van der Waals surface area contributed by atoms with Crippen LogP contribution in [0.2, 0.25) is 0 Å². The molecule has 6 saturated heterocycles. The average molecular weight is 609 g/mol. The Morgan fingerprint density at radius 2 is 1.36 bits per heavy atom. The Morgan fingerprint density at radius 3 is 2.07 bits per heavy atom. The second-order valence-electron chi connectivity index (χ2n) is 12.9. The van der Waals surface area contributed by atoms with Gasteiger partial charge in [0.2, 0.25) is 5.79 Å². The van der Waals surface area contributed by atoms with E-state index in [4.69, 9.17) is 38.2 Å². The van der Waals surface area contributed by atoms with Crippen molar-refractivity contribution < 1.29 is 73.9 Å². The average Bonchev–Trinajstić information content (AvgIpc) is 3.20. The molecule has 7 fully saturated rings. The molecule has 0 amide bonds. The zero-order valence-electron chi connectivity index (χ0n) is 23.9. The maximum atomic E-state index is 11.0. The molecule has 1 aliphatic carbocycles. The lowest BCUT2D eigenvalue weighted by Gasteiger charge is -2.60. The minimum Gasteiger partial charge on any atom is -0.394 e. The summed E-state index contributed by atoms with van der Waals surface area (Å²) >= 11 is 0. The van der Waals surface area contributed by atoms with Crippen LogP contribution in [-0.2, 0) is 38.2 Å². The van der Waals surface area contributed by atoms with Crippen LogP contribution in [0.15, 0.2) is 0 Å². The third-order valence-corrected chi connectivity index (χ3v) is 10.3. The fraction of sp³-hybridized carbons (Fsp3) is 1.00. The SMILES string of the molecule is C[C@H]1[C@@H](O[C@@H]2O[C@H](CO)[C@@H](O[C@H]3O[C@H](CO)[C@@H](O)[C@H](O)[C@H]3O)[C@H](O)[C@H]2O)O[C@@H]2O[C@@]3(C)CC[C@H]4[C@H](C)CC[C@@H]1[C@@]24OO3. The molecule has 7 aliphatic rings. The van der Waals surface area contributed by atoms with E-state index in [1.165, 1.54) is 0 Å². The van der Waals surface area contributed by atoms with E-state index >= 15 is 0 Å². The summed E-state index contributed by atoms with van der Waals surface area (Å²) in [6.45, 7) is 4.61. The largest absolute Gasteiger partial charge is 0.394 e. The Bertz CT molecular complexity index is 954. The maximum Gasteiger partial charge on any atom is 0.201 e. The van der Waals surface area contributed by atoms with Crippen LogP contribution in [0.4, 0.5) is 0 Å². The summed E-state index contributed by atoms with van der Waals surface area (Å²) in [5, 5.41) is 72.1. The number of aliphatic hydroxyl groups excluding tert-OH is 7. The number of hydrogen-bond donors (Lipinski definition) is 7. The fourth-order valence-electron chi connectivity index (χ4n) is 7.83. The number of fused-ring (bicyclic) bond motifs is 2. The van der Waals surface area contributed by atoms with Gasteiger partial charge < -0.3 is 64.2 Å². The van der Waals surface area contributed by atoms with Gasteiger partial charge in [-0.3, -0.25) is 0 Å². The molecule has 6 aliphatic heterocycles. The highest BCUT2D eigenvalue weighted by Gasteiger charge is 2.70. The van der Waals surface area contributed by atoms with Gasteiger partial charge >= 0.3 is 0 Å². The zero-order chi connectivity index (χ0) is 30.1. The molecule has 1 saturated carbocycles. The Kier molecular flexibility index (Phi) is 8.70. The summed E-state index contributed by atoms with van der Waals surface area (Å²) in [6, 6.07) is 0. The summed E-state index contributed by atoms with van der Waals surface area (Å²) in [5.74, 6) is -0.793. The first kappa shape index (κ1) is 31.4. The predicted octanol–water partition coefficient (Wildman–Crippen LogP) is -2.16. The van der Waals surface area contributed by atoms with Gasteiger partial charge in [0.25, 0.3) is 0 Å². The molecule has 0 unspecified atom stereocenters. The summed E-state index contributed by atoms with van der Waals surface area (Å²) in [5.41, 5.74) is -0.823. The molecule has 1 spiro atoms. The summed E-state index contributed by atoms with van der Waals surface area (Å²) in [4.78, 5) is 12.0. The second-order valence-corrected chi connectivity index (χ2v) is 12.9. The van der Waals surface area contributed by atoms with Crippen LogP contribution in [0, 0.1) is 23.7 Å². The van der Waals surface area contributed by atoms with Crippen LogP contribution in [0.5, 0.6) is 0 Å². The van der Waals surface area contributed by atoms with Gasteiger partial charge in [0, 0.05) is 18.3 Å². The van der Waals surface area contributed by atoms with Crippen LogP contribution in [0.3, 0.4) is 0 Å². The van der Waals surface area contributed by atoms with Crippen molar-refractivity contribution in [1.82, 2.24) is 0 Å². The highest BCUT2D eigenvalue weighted by molar-refractivity contribution is 5.09. The van der Waals surface area contributed by atoms with Gasteiger partial charge in [0.05, 0.1) is 13.2 Å². The number of aliphatic hydroxyl groups is 7. The highest BCUT2D eigenvalue weighted by atomic mass is 17.3. The molecular weight excluding hydrogens is 564 g/mol. The van der Waals surface area contributed by atoms with Gasteiger partial charge in [-0.25, -0.2) is 9.78 Å². The molecular formula is C27H44O15. The predicted molar refractivity (Wildman–Crippen MR) is 134 cm³/mol. The van der Waals surface area contributed by atoms with Gasteiger partial charge in [-0.15, -0.1) is 0 Å². The van der Waals surface area contributed by atoms with Crippen LogP contribution >= 0.6 is 0 Å². The molecule has 242 valence electrons. The lowest BCUT2D eigenvalue weighted by molar-refractivity contribution is -0.579. The van der Waals surface area contributed by atoms with E-state index in [1.807, 2.05) is 6.92 Å². The van der Waals surface area contributed by atoms with Gasteiger partial charge in [-0.2, -0.15) is 0 Å². The third-order valence-electron chi connectivity index (χ3n) is 10.3. The Morgan fingerprint density at radius 1 is 0.690 bits per heavy atom. The Labute approximate surface area is 243 Å². The standard InChI is InChI=1S/C27H44O15/c1-10-4-5-13-11(2)22(39-25-27(13)12(10)6-7-26(3,40-25)41-42-27)38-24-20(34)18(32)21(15(9-29)36-24)37-23-19(33)17(31)16(30)14(8-28)35-23/h10-25,28-34H,4-9H2,1-3H3/t10-,11-,12+,13+,14-,15-,16-,17+,18-,19-,20-,21-,22+,23-,24+,25-,26-,27-/m1/s1. The number of rotatable bonds is 6. The van der Waals surface area contributed by atoms with Crippen molar-refractivity contribution in [3.8, 4) is 0 Å². The van der Waals surface area contributed by atoms with E-state index in [2.05, 4.69) is 6.92 Å². The van der Waals surface area contributed by atoms with E-state index in [1.54, 1.807) is 6.92 Å². The Hall–Kier alpha value is -0.600. The summed E-state index contributed by atoms with van der Waals surface area (Å²) in [6.07, 6.45) is -13.9.